The van der Waals surface area contributed by atoms with Crippen LogP contribution in [-0.2, 0) is 9.53 Å². The molecule has 0 radical (unpaired) electrons. The summed E-state index contributed by atoms with van der Waals surface area (Å²) < 4.78 is 5.89. The van der Waals surface area contributed by atoms with Gasteiger partial charge in [-0.05, 0) is 56.7 Å². The molecular weight excluding hydrogens is 528 g/mol. The molecule has 7 heteroatoms. The highest BCUT2D eigenvalue weighted by Gasteiger charge is 2.17. The highest BCUT2D eigenvalue weighted by Crippen LogP contribution is 2.19. The van der Waals surface area contributed by atoms with Crippen LogP contribution in [0.2, 0.25) is 0 Å². The van der Waals surface area contributed by atoms with Gasteiger partial charge < -0.3 is 10.1 Å². The molecule has 1 atom stereocenters. The molecule has 0 aliphatic heterocycles. The fraction of sp³-hybridized carbons (Fsp3) is 0.273. The number of hydrogen-bond donors (Lipinski definition) is 1. The van der Waals surface area contributed by atoms with Gasteiger partial charge in [0.1, 0.15) is 3.92 Å². The van der Waals surface area contributed by atoms with E-state index in [-0.39, 0.29) is 18.4 Å². The molecule has 0 bridgehead atoms. The molecule has 1 aromatic rings. The van der Waals surface area contributed by atoms with E-state index >= 15 is 0 Å². The quantitative estimate of drug-likeness (QED) is 0.365. The normalized spacial score (nSPS) is 11.8. The lowest BCUT2D eigenvalue weighted by Gasteiger charge is -2.10. The number of rotatable bonds is 4. The van der Waals surface area contributed by atoms with Gasteiger partial charge in [0.2, 0.25) is 0 Å². The molecule has 0 fully saturated rings. The predicted molar refractivity (Wildman–Crippen MR) is 89.0 cm³/mol. The van der Waals surface area contributed by atoms with Gasteiger partial charge in [0.05, 0.1) is 12.7 Å². The number of carbonyl (C=O) groups is 2. The maximum absolute atomic E-state index is 11.9. The first-order valence-corrected chi connectivity index (χ1v) is 8.02. The Hall–Kier alpha value is 0.1000. The average Bonchev–Trinajstić information content (AvgIpc) is 2.37. The van der Waals surface area contributed by atoms with Crippen molar-refractivity contribution in [3.8, 4) is 0 Å². The van der Waals surface area contributed by atoms with E-state index in [1.54, 1.807) is 6.07 Å². The van der Waals surface area contributed by atoms with Crippen LogP contribution in [-0.4, -0.2) is 29.5 Å². The molecule has 1 aromatic carbocycles. The molecular formula is C11H10BrI2NO3. The van der Waals surface area contributed by atoms with Crippen molar-refractivity contribution < 1.29 is 14.3 Å². The number of hydrogen-bond acceptors (Lipinski definition) is 3. The van der Waals surface area contributed by atoms with E-state index in [4.69, 9.17) is 0 Å². The molecule has 1 rings (SSSR count). The number of carbonyl (C=O) groups excluding carboxylic acids is 2. The number of esters is 1. The fourth-order valence-electron chi connectivity index (χ4n) is 1.16. The van der Waals surface area contributed by atoms with Crippen molar-refractivity contribution >= 4 is 73.0 Å². The predicted octanol–water partition coefficient (Wildman–Crippen LogP) is 2.76. The molecule has 0 saturated carbocycles. The Kier molecular flexibility index (Phi) is 6.85. The zero-order chi connectivity index (χ0) is 13.7. The van der Waals surface area contributed by atoms with Crippen molar-refractivity contribution in [3.05, 3.63) is 31.8 Å². The molecule has 1 unspecified atom stereocenters. The highest BCUT2D eigenvalue weighted by molar-refractivity contribution is 14.1. The van der Waals surface area contributed by atoms with Gasteiger partial charge in [-0.3, -0.25) is 9.59 Å². The zero-order valence-electron chi connectivity index (χ0n) is 9.38. The number of benzene rings is 1. The number of halogens is 3. The van der Waals surface area contributed by atoms with Gasteiger partial charge in [-0.2, -0.15) is 0 Å². The highest BCUT2D eigenvalue weighted by atomic mass is 127. The third-order valence-electron chi connectivity index (χ3n) is 2.07. The molecule has 0 spiro atoms. The lowest BCUT2D eigenvalue weighted by atomic mass is 10.2. The standard InChI is InChI=1S/C11H10BrI2NO3/c1-18-11(17)9(14)5-15-10(16)7-4-6(13)2-3-8(7)12/h2-4,9H,5H2,1H3,(H,15,16). The van der Waals surface area contributed by atoms with E-state index in [9.17, 15) is 9.59 Å². The molecule has 18 heavy (non-hydrogen) atoms. The first kappa shape index (κ1) is 16.2. The summed E-state index contributed by atoms with van der Waals surface area (Å²) >= 11 is 7.39. The molecule has 1 N–H and O–H groups in total. The second-order valence-electron chi connectivity index (χ2n) is 3.32. The van der Waals surface area contributed by atoms with Crippen LogP contribution in [0, 0.1) is 3.57 Å². The van der Waals surface area contributed by atoms with Gasteiger partial charge in [0, 0.05) is 14.6 Å². The summed E-state index contributed by atoms with van der Waals surface area (Å²) in [6.45, 7) is 0.240. The lowest BCUT2D eigenvalue weighted by Crippen LogP contribution is -2.34. The van der Waals surface area contributed by atoms with Gasteiger partial charge >= 0.3 is 5.97 Å². The number of amides is 1. The molecule has 4 nitrogen and oxygen atoms in total. The molecule has 1 amide bonds. The SMILES string of the molecule is COC(=O)C(I)CNC(=O)c1cc(I)ccc1Br. The largest absolute Gasteiger partial charge is 0.468 e. The van der Waals surface area contributed by atoms with Crippen molar-refractivity contribution in [2.24, 2.45) is 0 Å². The Morgan fingerprint density at radius 1 is 1.50 bits per heavy atom. The van der Waals surface area contributed by atoms with E-state index in [1.165, 1.54) is 7.11 Å². The Morgan fingerprint density at radius 2 is 2.17 bits per heavy atom. The second kappa shape index (κ2) is 7.63. The Morgan fingerprint density at radius 3 is 2.78 bits per heavy atom. The fourth-order valence-corrected chi connectivity index (χ4v) is 2.55. The van der Waals surface area contributed by atoms with Crippen molar-refractivity contribution in [2.75, 3.05) is 13.7 Å². The third-order valence-corrected chi connectivity index (χ3v) is 4.38. The average molecular weight is 538 g/mol. The van der Waals surface area contributed by atoms with Crippen LogP contribution < -0.4 is 5.32 Å². The summed E-state index contributed by atoms with van der Waals surface area (Å²) in [5.74, 6) is -0.566. The minimum absolute atomic E-state index is 0.217. The van der Waals surface area contributed by atoms with Crippen LogP contribution in [0.15, 0.2) is 22.7 Å². The van der Waals surface area contributed by atoms with Crippen LogP contribution in [0.4, 0.5) is 0 Å². The molecule has 0 aromatic heterocycles. The van der Waals surface area contributed by atoms with Crippen LogP contribution in [0.1, 0.15) is 10.4 Å². The monoisotopic (exact) mass is 537 g/mol. The van der Waals surface area contributed by atoms with Gasteiger partial charge in [-0.15, -0.1) is 0 Å². The summed E-state index contributed by atoms with van der Waals surface area (Å²) in [6, 6.07) is 5.50. The lowest BCUT2D eigenvalue weighted by molar-refractivity contribution is -0.139. The first-order chi connectivity index (χ1) is 8.45. The van der Waals surface area contributed by atoms with Crippen LogP contribution in [0.3, 0.4) is 0 Å². The van der Waals surface area contributed by atoms with Gasteiger partial charge in [0.15, 0.2) is 0 Å². The van der Waals surface area contributed by atoms with E-state index in [0.717, 1.165) is 8.04 Å². The van der Waals surface area contributed by atoms with Crippen molar-refractivity contribution in [1.82, 2.24) is 5.32 Å². The second-order valence-corrected chi connectivity index (χ2v) is 6.93. The molecule has 0 aliphatic rings. The zero-order valence-corrected chi connectivity index (χ0v) is 15.3. The minimum Gasteiger partial charge on any atom is -0.468 e. The van der Waals surface area contributed by atoms with Gasteiger partial charge in [-0.25, -0.2) is 0 Å². The van der Waals surface area contributed by atoms with Crippen LogP contribution in [0.5, 0.6) is 0 Å². The summed E-state index contributed by atoms with van der Waals surface area (Å²) in [5, 5.41) is 2.70. The van der Waals surface area contributed by atoms with Crippen LogP contribution >= 0.6 is 61.1 Å². The summed E-state index contributed by atoms with van der Waals surface area (Å²) in [7, 11) is 1.33. The number of nitrogens with one attached hydrogen (secondary N) is 1. The maximum Gasteiger partial charge on any atom is 0.320 e. The van der Waals surface area contributed by atoms with E-state index in [0.29, 0.717) is 5.56 Å². The van der Waals surface area contributed by atoms with Gasteiger partial charge in [0.25, 0.3) is 5.91 Å². The van der Waals surface area contributed by atoms with Crippen molar-refractivity contribution in [2.45, 2.75) is 3.92 Å². The smallest absolute Gasteiger partial charge is 0.320 e. The van der Waals surface area contributed by atoms with Crippen molar-refractivity contribution in [1.29, 1.82) is 0 Å². The number of methoxy groups -OCH3 is 1. The number of alkyl halides is 1. The molecule has 0 saturated heterocycles. The maximum atomic E-state index is 11.9. The summed E-state index contributed by atoms with van der Waals surface area (Å²) in [4.78, 5) is 23.1. The van der Waals surface area contributed by atoms with E-state index in [1.807, 2.05) is 34.7 Å². The number of ether oxygens (including phenoxy) is 1. The van der Waals surface area contributed by atoms with Gasteiger partial charge in [-0.1, -0.05) is 22.6 Å². The summed E-state index contributed by atoms with van der Waals surface area (Å²) in [6.07, 6.45) is 0. The third kappa shape index (κ3) is 4.65. The molecule has 98 valence electrons. The topological polar surface area (TPSA) is 55.4 Å². The molecule has 0 aliphatic carbocycles. The Bertz CT molecular complexity index is 468. The van der Waals surface area contributed by atoms with Crippen LogP contribution in [0.25, 0.3) is 0 Å². The van der Waals surface area contributed by atoms with E-state index in [2.05, 4.69) is 48.6 Å². The van der Waals surface area contributed by atoms with E-state index < -0.39 is 3.92 Å². The van der Waals surface area contributed by atoms with Crippen molar-refractivity contribution in [3.63, 3.8) is 0 Å². The first-order valence-electron chi connectivity index (χ1n) is 4.91. The molecule has 0 heterocycles. The summed E-state index contributed by atoms with van der Waals surface area (Å²) in [5.41, 5.74) is 0.551. The Balaban J connectivity index is 2.66. The Labute approximate surface area is 141 Å². The minimum atomic E-state index is -0.391.